The fourth-order valence-electron chi connectivity index (χ4n) is 2.16. The van der Waals surface area contributed by atoms with Crippen LogP contribution >= 0.6 is 0 Å². The van der Waals surface area contributed by atoms with Gasteiger partial charge in [0.1, 0.15) is 11.5 Å². The number of carbonyl (C=O) groups is 1. The quantitative estimate of drug-likeness (QED) is 0.747. The van der Waals surface area contributed by atoms with E-state index in [0.29, 0.717) is 11.8 Å². The van der Waals surface area contributed by atoms with Crippen molar-refractivity contribution in [3.05, 3.63) is 17.7 Å². The molecule has 5 heteroatoms. The van der Waals surface area contributed by atoms with Crippen molar-refractivity contribution >= 4 is 5.97 Å². The number of imidazole rings is 1. The van der Waals surface area contributed by atoms with Crippen LogP contribution in [0.5, 0.6) is 0 Å². The molecule has 0 bridgehead atoms. The van der Waals surface area contributed by atoms with Gasteiger partial charge in [0.25, 0.3) is 0 Å². The van der Waals surface area contributed by atoms with Gasteiger partial charge in [-0.25, -0.2) is 9.78 Å². The first-order chi connectivity index (χ1) is 8.22. The number of methoxy groups -OCH3 is 1. The van der Waals surface area contributed by atoms with Crippen LogP contribution in [-0.2, 0) is 16.0 Å². The average molecular weight is 238 g/mol. The standard InChI is InChI=1S/C12H18N2O3/c1-9-13-8-11(12(15)16-2)14(9)6-5-10-4-3-7-17-10/h8,10H,3-7H2,1-2H3. The summed E-state index contributed by atoms with van der Waals surface area (Å²) in [6, 6.07) is 0. The van der Waals surface area contributed by atoms with Gasteiger partial charge in [0.05, 0.1) is 19.4 Å². The van der Waals surface area contributed by atoms with Crippen molar-refractivity contribution in [2.75, 3.05) is 13.7 Å². The largest absolute Gasteiger partial charge is 0.464 e. The maximum atomic E-state index is 11.5. The van der Waals surface area contributed by atoms with Crippen LogP contribution in [-0.4, -0.2) is 35.3 Å². The normalized spacial score (nSPS) is 19.5. The minimum Gasteiger partial charge on any atom is -0.464 e. The van der Waals surface area contributed by atoms with Gasteiger partial charge in [-0.1, -0.05) is 0 Å². The number of rotatable bonds is 4. The van der Waals surface area contributed by atoms with E-state index in [9.17, 15) is 4.79 Å². The summed E-state index contributed by atoms with van der Waals surface area (Å²) < 4.78 is 12.2. The Labute approximate surface area is 101 Å². The molecule has 1 fully saturated rings. The average Bonchev–Trinajstić information content (AvgIpc) is 2.95. The fraction of sp³-hybridized carbons (Fsp3) is 0.667. The third-order valence-electron chi connectivity index (χ3n) is 3.15. The molecular weight excluding hydrogens is 220 g/mol. The summed E-state index contributed by atoms with van der Waals surface area (Å²) in [4.78, 5) is 15.7. The van der Waals surface area contributed by atoms with Crippen molar-refractivity contribution in [1.82, 2.24) is 9.55 Å². The molecule has 0 saturated carbocycles. The number of esters is 1. The molecule has 2 heterocycles. The van der Waals surface area contributed by atoms with Crippen LogP contribution in [0.1, 0.15) is 35.6 Å². The minimum atomic E-state index is -0.335. The zero-order valence-electron chi connectivity index (χ0n) is 10.3. The van der Waals surface area contributed by atoms with Crippen LogP contribution in [0.3, 0.4) is 0 Å². The van der Waals surface area contributed by atoms with Gasteiger partial charge in [-0.15, -0.1) is 0 Å². The summed E-state index contributed by atoms with van der Waals surface area (Å²) in [7, 11) is 1.38. The van der Waals surface area contributed by atoms with Crippen LogP contribution in [0.15, 0.2) is 6.20 Å². The second-order valence-electron chi connectivity index (χ2n) is 4.26. The van der Waals surface area contributed by atoms with Gasteiger partial charge in [0.15, 0.2) is 0 Å². The lowest BCUT2D eigenvalue weighted by molar-refractivity contribution is 0.0584. The van der Waals surface area contributed by atoms with Gasteiger partial charge in [-0.3, -0.25) is 0 Å². The van der Waals surface area contributed by atoms with Crippen LogP contribution in [0.4, 0.5) is 0 Å². The van der Waals surface area contributed by atoms with E-state index in [-0.39, 0.29) is 5.97 Å². The molecule has 0 spiro atoms. The second kappa shape index (κ2) is 5.31. The first-order valence-corrected chi connectivity index (χ1v) is 5.94. The molecule has 1 unspecified atom stereocenters. The number of hydrogen-bond donors (Lipinski definition) is 0. The Bertz CT molecular complexity index is 394. The van der Waals surface area contributed by atoms with Gasteiger partial charge in [-0.2, -0.15) is 0 Å². The summed E-state index contributed by atoms with van der Waals surface area (Å²) in [6.07, 6.45) is 5.05. The topological polar surface area (TPSA) is 53.3 Å². The third-order valence-corrected chi connectivity index (χ3v) is 3.15. The molecule has 1 atom stereocenters. The fourth-order valence-corrected chi connectivity index (χ4v) is 2.16. The van der Waals surface area contributed by atoms with Crippen LogP contribution in [0.2, 0.25) is 0 Å². The van der Waals surface area contributed by atoms with Crippen molar-refractivity contribution < 1.29 is 14.3 Å². The van der Waals surface area contributed by atoms with Gasteiger partial charge < -0.3 is 14.0 Å². The van der Waals surface area contributed by atoms with E-state index in [0.717, 1.165) is 38.2 Å². The zero-order chi connectivity index (χ0) is 12.3. The summed E-state index contributed by atoms with van der Waals surface area (Å²) in [5.74, 6) is 0.501. The van der Waals surface area contributed by atoms with Crippen molar-refractivity contribution in [1.29, 1.82) is 0 Å². The maximum absolute atomic E-state index is 11.5. The molecular formula is C12H18N2O3. The minimum absolute atomic E-state index is 0.322. The predicted molar refractivity (Wildman–Crippen MR) is 61.9 cm³/mol. The van der Waals surface area contributed by atoms with E-state index >= 15 is 0 Å². The van der Waals surface area contributed by atoms with Gasteiger partial charge in [0.2, 0.25) is 0 Å². The van der Waals surface area contributed by atoms with E-state index < -0.39 is 0 Å². The first-order valence-electron chi connectivity index (χ1n) is 5.94. The van der Waals surface area contributed by atoms with Crippen molar-refractivity contribution in [2.24, 2.45) is 0 Å². The molecule has 1 aliphatic rings. The molecule has 94 valence electrons. The summed E-state index contributed by atoms with van der Waals surface area (Å²) in [6.45, 7) is 3.50. The molecule has 0 amide bonds. The lowest BCUT2D eigenvalue weighted by Crippen LogP contribution is -2.16. The van der Waals surface area contributed by atoms with E-state index in [1.165, 1.54) is 7.11 Å². The van der Waals surface area contributed by atoms with E-state index in [2.05, 4.69) is 4.98 Å². The Hall–Kier alpha value is -1.36. The van der Waals surface area contributed by atoms with Crippen molar-refractivity contribution in [3.63, 3.8) is 0 Å². The number of nitrogens with zero attached hydrogens (tertiary/aromatic N) is 2. The highest BCUT2D eigenvalue weighted by Crippen LogP contribution is 2.17. The predicted octanol–water partition coefficient (Wildman–Crippen LogP) is 1.55. The second-order valence-corrected chi connectivity index (χ2v) is 4.26. The molecule has 17 heavy (non-hydrogen) atoms. The van der Waals surface area contributed by atoms with Crippen LogP contribution in [0.25, 0.3) is 0 Å². The number of aryl methyl sites for hydroxylation is 1. The number of aromatic nitrogens is 2. The Morgan fingerprint density at radius 1 is 1.71 bits per heavy atom. The van der Waals surface area contributed by atoms with Crippen LogP contribution < -0.4 is 0 Å². The number of ether oxygens (including phenoxy) is 2. The smallest absolute Gasteiger partial charge is 0.356 e. The third kappa shape index (κ3) is 2.66. The summed E-state index contributed by atoms with van der Waals surface area (Å²) >= 11 is 0. The Kier molecular flexibility index (Phi) is 3.78. The molecule has 1 saturated heterocycles. The Morgan fingerprint density at radius 2 is 2.53 bits per heavy atom. The summed E-state index contributed by atoms with van der Waals surface area (Å²) in [5, 5.41) is 0. The number of carbonyl (C=O) groups excluding carboxylic acids is 1. The lowest BCUT2D eigenvalue weighted by Gasteiger charge is -2.12. The van der Waals surface area contributed by atoms with Crippen molar-refractivity contribution in [2.45, 2.75) is 38.8 Å². The summed E-state index contributed by atoms with van der Waals surface area (Å²) in [5.41, 5.74) is 0.517. The van der Waals surface area contributed by atoms with E-state index in [1.807, 2.05) is 11.5 Å². The number of hydrogen-bond acceptors (Lipinski definition) is 4. The molecule has 0 radical (unpaired) electrons. The monoisotopic (exact) mass is 238 g/mol. The lowest BCUT2D eigenvalue weighted by atomic mass is 10.2. The molecule has 1 aromatic rings. The highest BCUT2D eigenvalue weighted by atomic mass is 16.5. The van der Waals surface area contributed by atoms with Crippen LogP contribution in [0, 0.1) is 6.92 Å². The van der Waals surface area contributed by atoms with Crippen molar-refractivity contribution in [3.8, 4) is 0 Å². The first kappa shape index (κ1) is 12.1. The molecule has 5 nitrogen and oxygen atoms in total. The molecule has 1 aliphatic heterocycles. The Morgan fingerprint density at radius 3 is 3.18 bits per heavy atom. The van der Waals surface area contributed by atoms with E-state index in [1.54, 1.807) is 6.20 Å². The van der Waals surface area contributed by atoms with Gasteiger partial charge >= 0.3 is 5.97 Å². The highest BCUT2D eigenvalue weighted by molar-refractivity contribution is 5.87. The zero-order valence-corrected chi connectivity index (χ0v) is 10.3. The SMILES string of the molecule is COC(=O)c1cnc(C)n1CCC1CCCO1. The Balaban J connectivity index is 2.03. The molecule has 0 N–H and O–H groups in total. The van der Waals surface area contributed by atoms with Gasteiger partial charge in [0, 0.05) is 13.2 Å². The van der Waals surface area contributed by atoms with E-state index in [4.69, 9.17) is 9.47 Å². The molecule has 0 aromatic carbocycles. The molecule has 2 rings (SSSR count). The highest BCUT2D eigenvalue weighted by Gasteiger charge is 2.19. The van der Waals surface area contributed by atoms with Gasteiger partial charge in [-0.05, 0) is 26.2 Å². The molecule has 0 aliphatic carbocycles. The molecule has 1 aromatic heterocycles. The maximum Gasteiger partial charge on any atom is 0.356 e.